The first-order valence-corrected chi connectivity index (χ1v) is 12.4. The van der Waals surface area contributed by atoms with Crippen LogP contribution in [0, 0.1) is 17.8 Å². The molecule has 0 aliphatic heterocycles. The van der Waals surface area contributed by atoms with Crippen molar-refractivity contribution in [3.63, 3.8) is 0 Å². The maximum absolute atomic E-state index is 12.5. The molecule has 3 unspecified atom stereocenters. The van der Waals surface area contributed by atoms with E-state index < -0.39 is 12.1 Å². The molecular weight excluding hydrogens is 400 g/mol. The van der Waals surface area contributed by atoms with E-state index in [0.717, 1.165) is 24.8 Å². The molecule has 32 heavy (non-hydrogen) atoms. The van der Waals surface area contributed by atoms with Crippen LogP contribution >= 0.6 is 0 Å². The number of aliphatic hydroxyl groups is 1. The Morgan fingerprint density at radius 1 is 0.875 bits per heavy atom. The van der Waals surface area contributed by atoms with Gasteiger partial charge in [0.2, 0.25) is 11.8 Å². The number of nitrogens with one attached hydrogen (secondary N) is 2. The molecule has 0 fully saturated rings. The summed E-state index contributed by atoms with van der Waals surface area (Å²) >= 11 is 0. The van der Waals surface area contributed by atoms with Crippen molar-refractivity contribution in [2.24, 2.45) is 17.8 Å². The lowest BCUT2D eigenvalue weighted by Gasteiger charge is -2.29. The number of hydrogen-bond acceptors (Lipinski definition) is 3. The summed E-state index contributed by atoms with van der Waals surface area (Å²) in [4.78, 5) is 25.0. The summed E-state index contributed by atoms with van der Waals surface area (Å²) in [7, 11) is 0. The normalized spacial score (nSPS) is 15.3. The van der Waals surface area contributed by atoms with Crippen molar-refractivity contribution in [2.45, 2.75) is 105 Å². The predicted molar refractivity (Wildman–Crippen MR) is 132 cm³/mol. The Labute approximate surface area is 195 Å². The highest BCUT2D eigenvalue weighted by molar-refractivity contribution is 5.77. The van der Waals surface area contributed by atoms with Crippen LogP contribution in [0.15, 0.2) is 30.3 Å². The van der Waals surface area contributed by atoms with Gasteiger partial charge in [-0.3, -0.25) is 9.59 Å². The summed E-state index contributed by atoms with van der Waals surface area (Å²) in [5.74, 6) is 1.12. The number of benzene rings is 1. The maximum atomic E-state index is 12.5. The molecule has 0 spiro atoms. The topological polar surface area (TPSA) is 78.4 Å². The third-order valence-electron chi connectivity index (χ3n) is 5.92. The van der Waals surface area contributed by atoms with Gasteiger partial charge in [0.15, 0.2) is 0 Å². The van der Waals surface area contributed by atoms with Crippen LogP contribution in [0.5, 0.6) is 0 Å². The summed E-state index contributed by atoms with van der Waals surface area (Å²) < 4.78 is 0. The van der Waals surface area contributed by atoms with Crippen LogP contribution < -0.4 is 10.6 Å². The van der Waals surface area contributed by atoms with Gasteiger partial charge in [0.1, 0.15) is 0 Å². The van der Waals surface area contributed by atoms with E-state index in [-0.39, 0.29) is 23.8 Å². The summed E-state index contributed by atoms with van der Waals surface area (Å²) in [5.41, 5.74) is 1.07. The van der Waals surface area contributed by atoms with Gasteiger partial charge in [-0.25, -0.2) is 0 Å². The predicted octanol–water partition coefficient (Wildman–Crippen LogP) is 4.87. The monoisotopic (exact) mass is 446 g/mol. The van der Waals surface area contributed by atoms with Crippen molar-refractivity contribution in [2.75, 3.05) is 0 Å². The molecule has 1 aromatic carbocycles. The van der Waals surface area contributed by atoms with E-state index in [1.54, 1.807) is 0 Å². The minimum Gasteiger partial charge on any atom is -0.391 e. The Morgan fingerprint density at radius 3 is 2.06 bits per heavy atom. The Hall–Kier alpha value is -1.88. The van der Waals surface area contributed by atoms with E-state index in [4.69, 9.17) is 0 Å². The standard InChI is InChI=1S/C27H46N2O3/c1-7-21(6)16-27(32)28-23(14-13-19(2)3)18-25(30)24(29-26(31)15-20(4)5)17-22-11-9-8-10-12-22/h8-12,19-21,23-25,30H,7,13-18H2,1-6H3,(H,28,32)(H,29,31)/t21?,23?,24?,25-/m0/s1. The largest absolute Gasteiger partial charge is 0.391 e. The fourth-order valence-electron chi connectivity index (χ4n) is 3.77. The van der Waals surface area contributed by atoms with Crippen LogP contribution in [0.3, 0.4) is 0 Å². The molecule has 3 N–H and O–H groups in total. The molecule has 4 atom stereocenters. The molecule has 2 amide bonds. The average molecular weight is 447 g/mol. The number of aliphatic hydroxyl groups excluding tert-OH is 1. The van der Waals surface area contributed by atoms with Gasteiger partial charge in [-0.2, -0.15) is 0 Å². The molecule has 0 heterocycles. The molecule has 182 valence electrons. The zero-order valence-corrected chi connectivity index (χ0v) is 21.1. The second-order valence-electron chi connectivity index (χ2n) is 10.2. The fraction of sp³-hybridized carbons (Fsp3) is 0.704. The molecule has 0 saturated heterocycles. The van der Waals surface area contributed by atoms with Crippen LogP contribution in [0.4, 0.5) is 0 Å². The van der Waals surface area contributed by atoms with Crippen molar-refractivity contribution in [1.29, 1.82) is 0 Å². The molecule has 0 aromatic heterocycles. The number of amides is 2. The molecule has 1 aromatic rings. The third-order valence-corrected chi connectivity index (χ3v) is 5.92. The number of carbonyl (C=O) groups is 2. The summed E-state index contributed by atoms with van der Waals surface area (Å²) in [5, 5.41) is 17.4. The van der Waals surface area contributed by atoms with Crippen LogP contribution in [0.2, 0.25) is 0 Å². The highest BCUT2D eigenvalue weighted by atomic mass is 16.3. The van der Waals surface area contributed by atoms with Gasteiger partial charge in [0.25, 0.3) is 0 Å². The van der Waals surface area contributed by atoms with E-state index in [1.807, 2.05) is 44.2 Å². The van der Waals surface area contributed by atoms with E-state index in [9.17, 15) is 14.7 Å². The van der Waals surface area contributed by atoms with Gasteiger partial charge in [-0.1, -0.05) is 78.3 Å². The Kier molecular flexibility index (Phi) is 13.2. The molecule has 5 heteroatoms. The lowest BCUT2D eigenvalue weighted by molar-refractivity contribution is -0.124. The SMILES string of the molecule is CCC(C)CC(=O)NC(CCC(C)C)C[C@H](O)C(Cc1ccccc1)NC(=O)CC(C)C. The van der Waals surface area contributed by atoms with Crippen molar-refractivity contribution < 1.29 is 14.7 Å². The third kappa shape index (κ3) is 12.2. The summed E-state index contributed by atoms with van der Waals surface area (Å²) in [6.07, 6.45) is 3.94. The molecule has 0 aliphatic rings. The van der Waals surface area contributed by atoms with Gasteiger partial charge >= 0.3 is 0 Å². The van der Waals surface area contributed by atoms with Crippen molar-refractivity contribution in [1.82, 2.24) is 10.6 Å². The number of hydrogen-bond donors (Lipinski definition) is 3. The summed E-state index contributed by atoms with van der Waals surface area (Å²) in [6, 6.07) is 9.42. The first-order chi connectivity index (χ1) is 15.1. The van der Waals surface area contributed by atoms with Crippen molar-refractivity contribution >= 4 is 11.8 Å². The molecule has 1 rings (SSSR count). The Balaban J connectivity index is 2.90. The minimum absolute atomic E-state index is 0.0421. The highest BCUT2D eigenvalue weighted by Crippen LogP contribution is 2.17. The minimum atomic E-state index is -0.743. The number of carbonyl (C=O) groups excluding carboxylic acids is 2. The van der Waals surface area contributed by atoms with Crippen LogP contribution in [-0.2, 0) is 16.0 Å². The van der Waals surface area contributed by atoms with Crippen LogP contribution in [0.1, 0.15) is 85.6 Å². The average Bonchev–Trinajstić information content (AvgIpc) is 2.71. The van der Waals surface area contributed by atoms with Crippen molar-refractivity contribution in [3.05, 3.63) is 35.9 Å². The lowest BCUT2D eigenvalue weighted by Crippen LogP contribution is -2.48. The number of rotatable bonds is 15. The highest BCUT2D eigenvalue weighted by Gasteiger charge is 2.26. The van der Waals surface area contributed by atoms with Crippen LogP contribution in [0.25, 0.3) is 0 Å². The summed E-state index contributed by atoms with van der Waals surface area (Å²) in [6.45, 7) is 12.5. The maximum Gasteiger partial charge on any atom is 0.220 e. The van der Waals surface area contributed by atoms with Gasteiger partial charge in [0.05, 0.1) is 12.1 Å². The fourth-order valence-corrected chi connectivity index (χ4v) is 3.77. The molecule has 0 bridgehead atoms. The van der Waals surface area contributed by atoms with Crippen molar-refractivity contribution in [3.8, 4) is 0 Å². The zero-order chi connectivity index (χ0) is 24.1. The van der Waals surface area contributed by atoms with E-state index in [0.29, 0.717) is 37.5 Å². The van der Waals surface area contributed by atoms with Gasteiger partial charge < -0.3 is 15.7 Å². The smallest absolute Gasteiger partial charge is 0.220 e. The first kappa shape index (κ1) is 28.2. The Bertz CT molecular complexity index is 660. The first-order valence-electron chi connectivity index (χ1n) is 12.4. The Morgan fingerprint density at radius 2 is 1.50 bits per heavy atom. The van der Waals surface area contributed by atoms with E-state index >= 15 is 0 Å². The molecule has 0 saturated carbocycles. The quantitative estimate of drug-likeness (QED) is 0.360. The van der Waals surface area contributed by atoms with Gasteiger partial charge in [0, 0.05) is 18.9 Å². The second-order valence-corrected chi connectivity index (χ2v) is 10.2. The van der Waals surface area contributed by atoms with Gasteiger partial charge in [-0.05, 0) is 49.0 Å². The van der Waals surface area contributed by atoms with E-state index in [2.05, 4.69) is 38.3 Å². The molecule has 0 aliphatic carbocycles. The van der Waals surface area contributed by atoms with Crippen LogP contribution in [-0.4, -0.2) is 35.1 Å². The zero-order valence-electron chi connectivity index (χ0n) is 21.1. The molecule has 5 nitrogen and oxygen atoms in total. The van der Waals surface area contributed by atoms with E-state index in [1.165, 1.54) is 0 Å². The molecular formula is C27H46N2O3. The molecule has 0 radical (unpaired) electrons. The lowest BCUT2D eigenvalue weighted by atomic mass is 9.92. The second kappa shape index (κ2) is 15.0. The van der Waals surface area contributed by atoms with Gasteiger partial charge in [-0.15, -0.1) is 0 Å².